The minimum atomic E-state index is -0.485. The van der Waals surface area contributed by atoms with Gasteiger partial charge < -0.3 is 19.8 Å². The van der Waals surface area contributed by atoms with Gasteiger partial charge in [-0.05, 0) is 55.1 Å². The van der Waals surface area contributed by atoms with Crippen LogP contribution in [-0.2, 0) is 9.47 Å². The smallest absolute Gasteiger partial charge is 0.342 e. The van der Waals surface area contributed by atoms with Crippen LogP contribution in [0.2, 0.25) is 10.0 Å². The fraction of sp³-hybridized carbons (Fsp3) is 0.160. The molecule has 32 heavy (non-hydrogen) atoms. The Balaban J connectivity index is 0.000000264. The first-order chi connectivity index (χ1) is 15.5. The summed E-state index contributed by atoms with van der Waals surface area (Å²) in [6.45, 7) is 4.09. The van der Waals surface area contributed by atoms with Crippen molar-refractivity contribution < 1.29 is 14.3 Å². The highest BCUT2D eigenvalue weighted by Crippen LogP contribution is 2.36. The molecule has 0 unspecified atom stereocenters. The fourth-order valence-corrected chi connectivity index (χ4v) is 3.39. The maximum absolute atomic E-state index is 12.2. The molecule has 0 saturated heterocycles. The van der Waals surface area contributed by atoms with Gasteiger partial charge in [0.05, 0.1) is 27.0 Å². The van der Waals surface area contributed by atoms with E-state index in [0.29, 0.717) is 33.6 Å². The number of carbonyl (C=O) groups is 1. The number of aromatic nitrogens is 1. The number of aromatic amines is 1. The number of halogens is 2. The topological polar surface area (TPSA) is 63.4 Å². The first-order valence-corrected chi connectivity index (χ1v) is 10.8. The highest BCUT2D eigenvalue weighted by molar-refractivity contribution is 6.39. The van der Waals surface area contributed by atoms with Gasteiger partial charge in [-0.25, -0.2) is 4.79 Å². The quantitative estimate of drug-likeness (QED) is 0.175. The molecule has 0 aliphatic heterocycles. The van der Waals surface area contributed by atoms with Crippen LogP contribution in [0, 0.1) is 6.92 Å². The minimum Gasteiger partial charge on any atom is -0.435 e. The van der Waals surface area contributed by atoms with Crippen LogP contribution in [0.1, 0.15) is 22.8 Å². The largest absolute Gasteiger partial charge is 0.435 e. The van der Waals surface area contributed by atoms with Crippen molar-refractivity contribution in [3.8, 4) is 0 Å². The number of para-hydroxylation sites is 2. The number of anilines is 2. The Hall–Kier alpha value is -2.99. The van der Waals surface area contributed by atoms with E-state index in [0.717, 1.165) is 5.56 Å². The molecule has 5 nitrogen and oxygen atoms in total. The van der Waals surface area contributed by atoms with E-state index in [1.165, 1.54) is 10.9 Å². The van der Waals surface area contributed by atoms with Crippen molar-refractivity contribution in [1.29, 1.82) is 0 Å². The lowest BCUT2D eigenvalue weighted by molar-refractivity contribution is -0.0273. The molecule has 4 aromatic rings. The van der Waals surface area contributed by atoms with Crippen molar-refractivity contribution in [2.75, 3.05) is 18.7 Å². The van der Waals surface area contributed by atoms with Crippen LogP contribution in [0.25, 0.3) is 10.9 Å². The van der Waals surface area contributed by atoms with E-state index >= 15 is 0 Å². The summed E-state index contributed by atoms with van der Waals surface area (Å²) in [6, 6.07) is 20.8. The molecule has 0 saturated carbocycles. The summed E-state index contributed by atoms with van der Waals surface area (Å²) in [7, 11) is 0. The number of benzene rings is 3. The molecule has 2 N–H and O–H groups in total. The Morgan fingerprint density at radius 2 is 1.75 bits per heavy atom. The molecular weight excluding hydrogens is 447 g/mol. The summed E-state index contributed by atoms with van der Waals surface area (Å²) in [5.41, 5.74) is 3.58. The Kier molecular flexibility index (Phi) is 8.56. The third kappa shape index (κ3) is 6.04. The SMILES string of the molecule is CCOCOC(=O)c1ccccc1Nc1c(Cl)ccc(C)c1Cl.c1ccc2[nH]ccc2c1. The van der Waals surface area contributed by atoms with E-state index in [4.69, 9.17) is 32.7 Å². The lowest BCUT2D eigenvalue weighted by Gasteiger charge is -2.15. The van der Waals surface area contributed by atoms with E-state index < -0.39 is 5.97 Å². The van der Waals surface area contributed by atoms with Crippen molar-refractivity contribution in [3.05, 3.63) is 94.1 Å². The molecule has 0 bridgehead atoms. The molecule has 3 aromatic carbocycles. The van der Waals surface area contributed by atoms with E-state index in [1.807, 2.05) is 38.2 Å². The van der Waals surface area contributed by atoms with E-state index in [-0.39, 0.29) is 6.79 Å². The minimum absolute atomic E-state index is 0.0877. The van der Waals surface area contributed by atoms with Crippen LogP contribution in [0.3, 0.4) is 0 Å². The average Bonchev–Trinajstić information content (AvgIpc) is 3.29. The van der Waals surface area contributed by atoms with Gasteiger partial charge in [-0.2, -0.15) is 0 Å². The van der Waals surface area contributed by atoms with Crippen molar-refractivity contribution in [1.82, 2.24) is 4.98 Å². The predicted molar refractivity (Wildman–Crippen MR) is 131 cm³/mol. The molecule has 0 radical (unpaired) electrons. The third-order valence-electron chi connectivity index (χ3n) is 4.63. The summed E-state index contributed by atoms with van der Waals surface area (Å²) < 4.78 is 10.1. The second-order valence-corrected chi connectivity index (χ2v) is 7.62. The molecule has 1 heterocycles. The molecule has 0 fully saturated rings. The summed E-state index contributed by atoms with van der Waals surface area (Å²) in [4.78, 5) is 15.3. The zero-order chi connectivity index (χ0) is 22.9. The standard InChI is InChI=1S/C17H17Cl2NO3.C8H7N/c1-3-22-10-23-17(21)12-6-4-5-7-14(12)20-16-13(18)9-8-11(2)15(16)19;1-2-4-8-7(3-1)5-6-9-8/h4-9,20H,3,10H2,1-2H3;1-6,9H. The summed E-state index contributed by atoms with van der Waals surface area (Å²) in [5, 5.41) is 5.37. The number of rotatable bonds is 6. The third-order valence-corrected chi connectivity index (χ3v) is 5.43. The molecule has 0 aliphatic carbocycles. The van der Waals surface area contributed by atoms with E-state index in [1.54, 1.807) is 30.3 Å². The molecule has 7 heteroatoms. The number of hydrogen-bond acceptors (Lipinski definition) is 4. The van der Waals surface area contributed by atoms with Crippen LogP contribution < -0.4 is 5.32 Å². The average molecular weight is 471 g/mol. The lowest BCUT2D eigenvalue weighted by atomic mass is 10.1. The van der Waals surface area contributed by atoms with Crippen LogP contribution in [0.15, 0.2) is 72.9 Å². The van der Waals surface area contributed by atoms with E-state index in [2.05, 4.69) is 28.5 Å². The number of H-pyrrole nitrogens is 1. The molecule has 0 atom stereocenters. The van der Waals surface area contributed by atoms with Gasteiger partial charge in [0.2, 0.25) is 0 Å². The molecule has 166 valence electrons. The number of esters is 1. The van der Waals surface area contributed by atoms with Gasteiger partial charge in [0.1, 0.15) is 0 Å². The van der Waals surface area contributed by atoms with Crippen molar-refractivity contribution >= 4 is 51.4 Å². The molecule has 0 amide bonds. The second kappa shape index (κ2) is 11.6. The number of carbonyl (C=O) groups excluding carboxylic acids is 1. The Morgan fingerprint density at radius 1 is 1.00 bits per heavy atom. The maximum Gasteiger partial charge on any atom is 0.342 e. The summed E-state index contributed by atoms with van der Waals surface area (Å²) in [6.07, 6.45) is 1.95. The second-order valence-electron chi connectivity index (χ2n) is 6.83. The molecular formula is C25H24Cl2N2O3. The lowest BCUT2D eigenvalue weighted by Crippen LogP contribution is -2.11. The molecule has 0 spiro atoms. The fourth-order valence-electron chi connectivity index (χ4n) is 2.93. The normalized spacial score (nSPS) is 10.4. The van der Waals surface area contributed by atoms with Gasteiger partial charge in [0.15, 0.2) is 6.79 Å². The highest BCUT2D eigenvalue weighted by atomic mass is 35.5. The molecule has 4 rings (SSSR count). The molecule has 1 aromatic heterocycles. The van der Waals surface area contributed by atoms with Crippen LogP contribution in [-0.4, -0.2) is 24.4 Å². The summed E-state index contributed by atoms with van der Waals surface area (Å²) >= 11 is 12.5. The first-order valence-electron chi connectivity index (χ1n) is 10.1. The number of ether oxygens (including phenoxy) is 2. The van der Waals surface area contributed by atoms with Gasteiger partial charge >= 0.3 is 5.97 Å². The van der Waals surface area contributed by atoms with Crippen molar-refractivity contribution in [3.63, 3.8) is 0 Å². The zero-order valence-corrected chi connectivity index (χ0v) is 19.3. The molecule has 0 aliphatic rings. The van der Waals surface area contributed by atoms with Gasteiger partial charge in [-0.3, -0.25) is 0 Å². The van der Waals surface area contributed by atoms with E-state index in [9.17, 15) is 4.79 Å². The zero-order valence-electron chi connectivity index (χ0n) is 17.8. The Bertz CT molecular complexity index is 1160. The predicted octanol–water partition coefficient (Wildman–Crippen LogP) is 7.36. The van der Waals surface area contributed by atoms with Gasteiger partial charge in [0, 0.05) is 18.3 Å². The van der Waals surface area contributed by atoms with Crippen molar-refractivity contribution in [2.45, 2.75) is 13.8 Å². The van der Waals surface area contributed by atoms with Crippen molar-refractivity contribution in [2.24, 2.45) is 0 Å². The van der Waals surface area contributed by atoms with Gasteiger partial charge in [-0.15, -0.1) is 0 Å². The monoisotopic (exact) mass is 470 g/mol. The Morgan fingerprint density at radius 3 is 2.53 bits per heavy atom. The van der Waals surface area contributed by atoms with Crippen LogP contribution >= 0.6 is 23.2 Å². The number of fused-ring (bicyclic) bond motifs is 1. The number of nitrogens with one attached hydrogen (secondary N) is 2. The maximum atomic E-state index is 12.2. The summed E-state index contributed by atoms with van der Waals surface area (Å²) in [5.74, 6) is -0.485. The number of hydrogen-bond donors (Lipinski definition) is 2. The van der Waals surface area contributed by atoms with Crippen LogP contribution in [0.4, 0.5) is 11.4 Å². The van der Waals surface area contributed by atoms with Crippen LogP contribution in [0.5, 0.6) is 0 Å². The van der Waals surface area contributed by atoms with Gasteiger partial charge in [-0.1, -0.05) is 59.6 Å². The first kappa shape index (κ1) is 23.7. The highest BCUT2D eigenvalue weighted by Gasteiger charge is 2.15. The Labute approximate surface area is 197 Å². The van der Waals surface area contributed by atoms with Gasteiger partial charge in [0.25, 0.3) is 0 Å². The number of aryl methyl sites for hydroxylation is 1.